The SMILES string of the molecule is CCCOc1ccccc1C(N)c1cc(Cl)ccc1F. The van der Waals surface area contributed by atoms with E-state index in [1.165, 1.54) is 12.1 Å². The van der Waals surface area contributed by atoms with Gasteiger partial charge >= 0.3 is 0 Å². The van der Waals surface area contributed by atoms with E-state index in [-0.39, 0.29) is 5.82 Å². The van der Waals surface area contributed by atoms with Crippen molar-refractivity contribution in [3.05, 3.63) is 64.4 Å². The van der Waals surface area contributed by atoms with Crippen LogP contribution in [0.1, 0.15) is 30.5 Å². The summed E-state index contributed by atoms with van der Waals surface area (Å²) in [5, 5.41) is 0.462. The second kappa shape index (κ2) is 6.73. The van der Waals surface area contributed by atoms with Gasteiger partial charge in [0.1, 0.15) is 11.6 Å². The van der Waals surface area contributed by atoms with Crippen molar-refractivity contribution in [1.82, 2.24) is 0 Å². The molecule has 0 saturated heterocycles. The fraction of sp³-hybridized carbons (Fsp3) is 0.250. The van der Waals surface area contributed by atoms with Crippen LogP contribution in [0.25, 0.3) is 0 Å². The highest BCUT2D eigenvalue weighted by atomic mass is 35.5. The first kappa shape index (κ1) is 14.8. The molecule has 2 rings (SSSR count). The molecular formula is C16H17ClFNO. The summed E-state index contributed by atoms with van der Waals surface area (Å²) in [4.78, 5) is 0. The van der Waals surface area contributed by atoms with Gasteiger partial charge in [-0.1, -0.05) is 36.7 Å². The van der Waals surface area contributed by atoms with Crippen molar-refractivity contribution in [3.63, 3.8) is 0 Å². The van der Waals surface area contributed by atoms with Gasteiger partial charge in [-0.25, -0.2) is 4.39 Å². The van der Waals surface area contributed by atoms with Crippen molar-refractivity contribution in [3.8, 4) is 5.75 Å². The summed E-state index contributed by atoms with van der Waals surface area (Å²) in [6, 6.07) is 11.2. The number of nitrogens with two attached hydrogens (primary N) is 1. The van der Waals surface area contributed by atoms with E-state index in [4.69, 9.17) is 22.1 Å². The van der Waals surface area contributed by atoms with Crippen LogP contribution in [0.2, 0.25) is 5.02 Å². The highest BCUT2D eigenvalue weighted by Crippen LogP contribution is 2.30. The summed E-state index contributed by atoms with van der Waals surface area (Å²) in [6.45, 7) is 2.63. The van der Waals surface area contributed by atoms with Crippen LogP contribution in [0.4, 0.5) is 4.39 Å². The molecule has 0 amide bonds. The molecule has 2 nitrogen and oxygen atoms in total. The van der Waals surface area contributed by atoms with Crippen LogP contribution < -0.4 is 10.5 Å². The summed E-state index contributed by atoms with van der Waals surface area (Å²) < 4.78 is 19.6. The lowest BCUT2D eigenvalue weighted by atomic mass is 9.98. The number of para-hydroxylation sites is 1. The van der Waals surface area contributed by atoms with E-state index in [2.05, 4.69) is 0 Å². The van der Waals surface area contributed by atoms with Gasteiger partial charge < -0.3 is 10.5 Å². The number of benzene rings is 2. The Bertz CT molecular complexity index is 588. The van der Waals surface area contributed by atoms with E-state index in [1.54, 1.807) is 6.07 Å². The van der Waals surface area contributed by atoms with Gasteiger partial charge in [-0.3, -0.25) is 0 Å². The molecule has 0 aromatic heterocycles. The summed E-state index contributed by atoms with van der Waals surface area (Å²) in [5.41, 5.74) is 7.30. The first-order valence-corrected chi connectivity index (χ1v) is 6.93. The van der Waals surface area contributed by atoms with Gasteiger partial charge in [-0.2, -0.15) is 0 Å². The summed E-state index contributed by atoms with van der Waals surface area (Å²) in [7, 11) is 0. The summed E-state index contributed by atoms with van der Waals surface area (Å²) in [5.74, 6) is 0.313. The molecule has 1 atom stereocenters. The normalized spacial score (nSPS) is 12.2. The molecule has 106 valence electrons. The highest BCUT2D eigenvalue weighted by Gasteiger charge is 2.17. The topological polar surface area (TPSA) is 35.2 Å². The van der Waals surface area contributed by atoms with Gasteiger partial charge in [0.05, 0.1) is 12.6 Å². The zero-order chi connectivity index (χ0) is 14.5. The monoisotopic (exact) mass is 293 g/mol. The third kappa shape index (κ3) is 3.30. The lowest BCUT2D eigenvalue weighted by Crippen LogP contribution is -2.15. The number of hydrogen-bond acceptors (Lipinski definition) is 2. The van der Waals surface area contributed by atoms with Crippen molar-refractivity contribution in [2.75, 3.05) is 6.61 Å². The molecule has 0 aliphatic carbocycles. The number of hydrogen-bond donors (Lipinski definition) is 1. The van der Waals surface area contributed by atoms with E-state index >= 15 is 0 Å². The Hall–Kier alpha value is -1.58. The fourth-order valence-electron chi connectivity index (χ4n) is 2.00. The molecule has 2 N–H and O–H groups in total. The van der Waals surface area contributed by atoms with Gasteiger partial charge in [0.25, 0.3) is 0 Å². The van der Waals surface area contributed by atoms with Crippen molar-refractivity contribution < 1.29 is 9.13 Å². The molecule has 0 saturated carbocycles. The third-order valence-corrected chi connectivity index (χ3v) is 3.24. The lowest BCUT2D eigenvalue weighted by Gasteiger charge is -2.18. The Labute approximate surface area is 123 Å². The zero-order valence-corrected chi connectivity index (χ0v) is 12.0. The van der Waals surface area contributed by atoms with Crippen molar-refractivity contribution in [2.24, 2.45) is 5.73 Å². The van der Waals surface area contributed by atoms with Crippen LogP contribution in [-0.4, -0.2) is 6.61 Å². The van der Waals surface area contributed by atoms with Crippen LogP contribution in [0.5, 0.6) is 5.75 Å². The van der Waals surface area contributed by atoms with Gasteiger partial charge in [-0.15, -0.1) is 0 Å². The molecule has 2 aromatic rings. The standard InChI is InChI=1S/C16H17ClFNO/c1-2-9-20-15-6-4-3-5-12(15)16(19)13-10-11(17)7-8-14(13)18/h3-8,10,16H,2,9,19H2,1H3. The number of halogens is 2. The average Bonchev–Trinajstić information content (AvgIpc) is 2.47. The maximum atomic E-state index is 13.9. The molecule has 0 spiro atoms. The van der Waals surface area contributed by atoms with Crippen LogP contribution in [0.3, 0.4) is 0 Å². The Morgan fingerprint density at radius 3 is 2.70 bits per heavy atom. The second-order valence-electron chi connectivity index (χ2n) is 4.53. The van der Waals surface area contributed by atoms with Crippen molar-refractivity contribution >= 4 is 11.6 Å². The molecule has 0 heterocycles. The maximum Gasteiger partial charge on any atom is 0.128 e. The van der Waals surface area contributed by atoms with Crippen LogP contribution in [0.15, 0.2) is 42.5 Å². The van der Waals surface area contributed by atoms with Crippen LogP contribution >= 0.6 is 11.6 Å². The number of rotatable bonds is 5. The molecule has 2 aromatic carbocycles. The Kier molecular flexibility index (Phi) is 4.99. The van der Waals surface area contributed by atoms with Gasteiger partial charge in [0.15, 0.2) is 0 Å². The van der Waals surface area contributed by atoms with Gasteiger partial charge in [-0.05, 0) is 30.7 Å². The van der Waals surface area contributed by atoms with Gasteiger partial charge in [0, 0.05) is 16.1 Å². The molecule has 0 radical (unpaired) electrons. The largest absolute Gasteiger partial charge is 0.493 e. The highest BCUT2D eigenvalue weighted by molar-refractivity contribution is 6.30. The van der Waals surface area contributed by atoms with E-state index in [0.29, 0.717) is 22.9 Å². The van der Waals surface area contributed by atoms with Gasteiger partial charge in [0.2, 0.25) is 0 Å². The lowest BCUT2D eigenvalue weighted by molar-refractivity contribution is 0.313. The van der Waals surface area contributed by atoms with Crippen molar-refractivity contribution in [1.29, 1.82) is 0 Å². The van der Waals surface area contributed by atoms with Crippen LogP contribution in [0, 0.1) is 5.82 Å². The van der Waals surface area contributed by atoms with E-state index in [9.17, 15) is 4.39 Å². The Morgan fingerprint density at radius 1 is 1.20 bits per heavy atom. The Balaban J connectivity index is 2.37. The molecule has 0 aliphatic rings. The minimum absolute atomic E-state index is 0.366. The van der Waals surface area contributed by atoms with E-state index in [0.717, 1.165) is 12.0 Å². The minimum atomic E-state index is -0.609. The van der Waals surface area contributed by atoms with E-state index < -0.39 is 6.04 Å². The second-order valence-corrected chi connectivity index (χ2v) is 4.97. The van der Waals surface area contributed by atoms with Crippen LogP contribution in [-0.2, 0) is 0 Å². The number of ether oxygens (including phenoxy) is 1. The average molecular weight is 294 g/mol. The van der Waals surface area contributed by atoms with Crippen molar-refractivity contribution in [2.45, 2.75) is 19.4 Å². The molecule has 0 bridgehead atoms. The maximum absolute atomic E-state index is 13.9. The predicted octanol–water partition coefficient (Wildman–Crippen LogP) is 4.32. The fourth-order valence-corrected chi connectivity index (χ4v) is 2.18. The first-order valence-electron chi connectivity index (χ1n) is 6.55. The molecule has 1 unspecified atom stereocenters. The third-order valence-electron chi connectivity index (χ3n) is 3.01. The predicted molar refractivity (Wildman–Crippen MR) is 79.7 cm³/mol. The zero-order valence-electron chi connectivity index (χ0n) is 11.3. The molecule has 0 aliphatic heterocycles. The minimum Gasteiger partial charge on any atom is -0.493 e. The first-order chi connectivity index (χ1) is 9.63. The Morgan fingerprint density at radius 2 is 1.95 bits per heavy atom. The molecule has 20 heavy (non-hydrogen) atoms. The summed E-state index contributed by atoms with van der Waals surface area (Å²) >= 11 is 5.92. The van der Waals surface area contributed by atoms with E-state index in [1.807, 2.05) is 31.2 Å². The summed E-state index contributed by atoms with van der Waals surface area (Å²) in [6.07, 6.45) is 0.898. The molecular weight excluding hydrogens is 277 g/mol. The molecule has 4 heteroatoms. The quantitative estimate of drug-likeness (QED) is 0.891. The molecule has 0 fully saturated rings. The smallest absolute Gasteiger partial charge is 0.128 e.